The lowest BCUT2D eigenvalue weighted by atomic mass is 10.1. The number of hydrogen-bond donors (Lipinski definition) is 1. The molecule has 0 saturated carbocycles. The van der Waals surface area contributed by atoms with Crippen LogP contribution in [0.25, 0.3) is 16.7 Å². The first-order chi connectivity index (χ1) is 9.38. The van der Waals surface area contributed by atoms with E-state index in [1.54, 1.807) is 0 Å². The second kappa shape index (κ2) is 5.24. The summed E-state index contributed by atoms with van der Waals surface area (Å²) in [6, 6.07) is 16.8. The fourth-order valence-corrected chi connectivity index (χ4v) is 2.29. The van der Waals surface area contributed by atoms with E-state index in [0.717, 1.165) is 36.1 Å². The first kappa shape index (κ1) is 11.9. The highest BCUT2D eigenvalue weighted by molar-refractivity contribution is 5.77. The molecule has 3 heteroatoms. The summed E-state index contributed by atoms with van der Waals surface area (Å²) in [7, 11) is 0. The van der Waals surface area contributed by atoms with Crippen LogP contribution in [0.4, 0.5) is 0 Å². The summed E-state index contributed by atoms with van der Waals surface area (Å²) in [4.78, 5) is 4.41. The van der Waals surface area contributed by atoms with E-state index in [4.69, 9.17) is 5.73 Å². The van der Waals surface area contributed by atoms with Gasteiger partial charge in [0.15, 0.2) is 0 Å². The Morgan fingerprint density at radius 1 is 1.00 bits per heavy atom. The summed E-state index contributed by atoms with van der Waals surface area (Å²) in [5.41, 5.74) is 10.2. The van der Waals surface area contributed by atoms with Gasteiger partial charge in [0.1, 0.15) is 6.33 Å². The van der Waals surface area contributed by atoms with E-state index in [0.29, 0.717) is 0 Å². The molecule has 96 valence electrons. The fourth-order valence-electron chi connectivity index (χ4n) is 2.29. The second-order valence-corrected chi connectivity index (χ2v) is 4.66. The van der Waals surface area contributed by atoms with Gasteiger partial charge in [0.05, 0.1) is 11.0 Å². The summed E-state index contributed by atoms with van der Waals surface area (Å²) in [6.07, 6.45) is 3.95. The number of para-hydroxylation sites is 2. The highest BCUT2D eigenvalue weighted by Crippen LogP contribution is 2.18. The molecule has 0 radical (unpaired) electrons. The maximum atomic E-state index is 5.53. The Kier molecular flexibility index (Phi) is 3.29. The predicted octanol–water partition coefficient (Wildman–Crippen LogP) is 2.92. The Balaban J connectivity index is 1.93. The number of benzene rings is 2. The van der Waals surface area contributed by atoms with Gasteiger partial charge in [-0.25, -0.2) is 4.98 Å². The molecule has 3 aromatic rings. The van der Waals surface area contributed by atoms with Crippen molar-refractivity contribution in [2.45, 2.75) is 12.8 Å². The average Bonchev–Trinajstić information content (AvgIpc) is 2.90. The molecule has 1 heterocycles. The third kappa shape index (κ3) is 2.37. The molecule has 0 aliphatic carbocycles. The zero-order valence-corrected chi connectivity index (χ0v) is 10.8. The van der Waals surface area contributed by atoms with E-state index in [2.05, 4.69) is 39.9 Å². The largest absolute Gasteiger partial charge is 0.330 e. The highest BCUT2D eigenvalue weighted by Gasteiger charge is 2.03. The van der Waals surface area contributed by atoms with E-state index in [-0.39, 0.29) is 0 Å². The van der Waals surface area contributed by atoms with Crippen molar-refractivity contribution in [1.82, 2.24) is 9.55 Å². The van der Waals surface area contributed by atoms with Crippen LogP contribution in [-0.4, -0.2) is 16.1 Å². The predicted molar refractivity (Wildman–Crippen MR) is 78.4 cm³/mol. The molecule has 1 aromatic heterocycles. The molecule has 3 rings (SSSR count). The quantitative estimate of drug-likeness (QED) is 0.774. The van der Waals surface area contributed by atoms with Gasteiger partial charge in [-0.1, -0.05) is 24.3 Å². The van der Waals surface area contributed by atoms with Gasteiger partial charge in [0.25, 0.3) is 0 Å². The number of hydrogen-bond acceptors (Lipinski definition) is 2. The van der Waals surface area contributed by atoms with Crippen LogP contribution in [0.2, 0.25) is 0 Å². The molecule has 3 nitrogen and oxygen atoms in total. The van der Waals surface area contributed by atoms with Gasteiger partial charge in [0.2, 0.25) is 0 Å². The Bertz CT molecular complexity index is 668. The average molecular weight is 251 g/mol. The molecule has 2 N–H and O–H groups in total. The first-order valence-electron chi connectivity index (χ1n) is 6.60. The SMILES string of the molecule is NCCCc1ccc(-n2cnc3ccccc32)cc1. The van der Waals surface area contributed by atoms with Crippen molar-refractivity contribution < 1.29 is 0 Å². The summed E-state index contributed by atoms with van der Waals surface area (Å²) < 4.78 is 2.11. The van der Waals surface area contributed by atoms with Crippen LogP contribution >= 0.6 is 0 Å². The van der Waals surface area contributed by atoms with Crippen LogP contribution in [0.3, 0.4) is 0 Å². The lowest BCUT2D eigenvalue weighted by molar-refractivity contribution is 0.832. The van der Waals surface area contributed by atoms with Crippen LogP contribution in [0.5, 0.6) is 0 Å². The lowest BCUT2D eigenvalue weighted by Gasteiger charge is -2.06. The van der Waals surface area contributed by atoms with Crippen molar-refractivity contribution in [3.8, 4) is 5.69 Å². The molecule has 0 aliphatic rings. The van der Waals surface area contributed by atoms with Crippen LogP contribution in [-0.2, 0) is 6.42 Å². The molecular formula is C16H17N3. The van der Waals surface area contributed by atoms with E-state index in [1.807, 2.05) is 24.5 Å². The second-order valence-electron chi connectivity index (χ2n) is 4.66. The molecule has 0 bridgehead atoms. The molecule has 0 fully saturated rings. The third-order valence-electron chi connectivity index (χ3n) is 3.34. The molecule has 2 aromatic carbocycles. The van der Waals surface area contributed by atoms with Gasteiger partial charge in [-0.05, 0) is 49.2 Å². The van der Waals surface area contributed by atoms with Gasteiger partial charge in [0, 0.05) is 5.69 Å². The minimum Gasteiger partial charge on any atom is -0.330 e. The Hall–Kier alpha value is -2.13. The zero-order chi connectivity index (χ0) is 13.1. The highest BCUT2D eigenvalue weighted by atomic mass is 15.0. The zero-order valence-electron chi connectivity index (χ0n) is 10.8. The van der Waals surface area contributed by atoms with Crippen molar-refractivity contribution in [2.75, 3.05) is 6.54 Å². The Morgan fingerprint density at radius 2 is 1.79 bits per heavy atom. The van der Waals surface area contributed by atoms with E-state index >= 15 is 0 Å². The normalized spacial score (nSPS) is 11.0. The number of aromatic nitrogens is 2. The summed E-state index contributed by atoms with van der Waals surface area (Å²) in [5.74, 6) is 0. The molecule has 19 heavy (non-hydrogen) atoms. The van der Waals surface area contributed by atoms with Crippen LogP contribution in [0, 0.1) is 0 Å². The number of aryl methyl sites for hydroxylation is 1. The fraction of sp³-hybridized carbons (Fsp3) is 0.188. The number of imidazole rings is 1. The van der Waals surface area contributed by atoms with Gasteiger partial charge in [-0.3, -0.25) is 4.57 Å². The maximum absolute atomic E-state index is 5.53. The Morgan fingerprint density at radius 3 is 2.58 bits per heavy atom. The van der Waals surface area contributed by atoms with Crippen molar-refractivity contribution >= 4 is 11.0 Å². The number of fused-ring (bicyclic) bond motifs is 1. The summed E-state index contributed by atoms with van der Waals surface area (Å²) >= 11 is 0. The smallest absolute Gasteiger partial charge is 0.100 e. The minimum atomic E-state index is 0.744. The van der Waals surface area contributed by atoms with Crippen LogP contribution < -0.4 is 5.73 Å². The van der Waals surface area contributed by atoms with E-state index < -0.39 is 0 Å². The lowest BCUT2D eigenvalue weighted by Crippen LogP contribution is -2.00. The van der Waals surface area contributed by atoms with E-state index in [1.165, 1.54) is 5.56 Å². The van der Waals surface area contributed by atoms with Crippen molar-refractivity contribution in [3.63, 3.8) is 0 Å². The maximum Gasteiger partial charge on any atom is 0.100 e. The number of nitrogens with two attached hydrogens (primary N) is 1. The molecule has 0 unspecified atom stereocenters. The Labute approximate surface area is 112 Å². The monoisotopic (exact) mass is 251 g/mol. The molecule has 0 aliphatic heterocycles. The van der Waals surface area contributed by atoms with Gasteiger partial charge in [-0.15, -0.1) is 0 Å². The van der Waals surface area contributed by atoms with Gasteiger partial charge < -0.3 is 5.73 Å². The van der Waals surface area contributed by atoms with Crippen LogP contribution in [0.15, 0.2) is 54.9 Å². The number of rotatable bonds is 4. The molecule has 0 atom stereocenters. The van der Waals surface area contributed by atoms with Crippen LogP contribution in [0.1, 0.15) is 12.0 Å². The summed E-state index contributed by atoms with van der Waals surface area (Å²) in [5, 5.41) is 0. The number of nitrogens with zero attached hydrogens (tertiary/aromatic N) is 2. The molecule has 0 spiro atoms. The first-order valence-corrected chi connectivity index (χ1v) is 6.60. The van der Waals surface area contributed by atoms with Crippen molar-refractivity contribution in [1.29, 1.82) is 0 Å². The van der Waals surface area contributed by atoms with Crippen molar-refractivity contribution in [3.05, 3.63) is 60.4 Å². The van der Waals surface area contributed by atoms with Gasteiger partial charge in [-0.2, -0.15) is 0 Å². The topological polar surface area (TPSA) is 43.8 Å². The van der Waals surface area contributed by atoms with Gasteiger partial charge >= 0.3 is 0 Å². The standard InChI is InChI=1S/C16H17N3/c17-11-3-4-13-7-9-14(10-8-13)19-12-18-15-5-1-2-6-16(15)19/h1-2,5-10,12H,3-4,11,17H2. The third-order valence-corrected chi connectivity index (χ3v) is 3.34. The van der Waals surface area contributed by atoms with Crippen molar-refractivity contribution in [2.24, 2.45) is 5.73 Å². The minimum absolute atomic E-state index is 0.744. The molecule has 0 amide bonds. The molecular weight excluding hydrogens is 234 g/mol. The molecule has 0 saturated heterocycles. The van der Waals surface area contributed by atoms with E-state index in [9.17, 15) is 0 Å². The summed E-state index contributed by atoms with van der Waals surface area (Å²) in [6.45, 7) is 0.744.